The number of fused-ring (bicyclic) bond motifs is 3. The van der Waals surface area contributed by atoms with Crippen molar-refractivity contribution in [2.24, 2.45) is 4.99 Å². The fraction of sp³-hybridized carbons (Fsp3) is 0.300. The number of nitrogens with zero attached hydrogens (tertiary/aromatic N) is 2. The van der Waals surface area contributed by atoms with Crippen LogP contribution in [-0.2, 0) is 0 Å². The van der Waals surface area contributed by atoms with Gasteiger partial charge in [0.15, 0.2) is 0 Å². The van der Waals surface area contributed by atoms with Crippen LogP contribution >= 0.6 is 0 Å². The third kappa shape index (κ3) is 0.852. The highest BCUT2D eigenvalue weighted by Gasteiger charge is 2.35. The minimum Gasteiger partial charge on any atom is -0.387 e. The van der Waals surface area contributed by atoms with E-state index in [1.165, 1.54) is 17.0 Å². The van der Waals surface area contributed by atoms with Gasteiger partial charge in [0.25, 0.3) is 0 Å². The van der Waals surface area contributed by atoms with Gasteiger partial charge in [-0.15, -0.1) is 0 Å². The average Bonchev–Trinajstić information content (AvgIpc) is 2.55. The largest absolute Gasteiger partial charge is 0.387 e. The monoisotopic (exact) mass is 188 g/mol. The van der Waals surface area contributed by atoms with E-state index in [-0.39, 0.29) is 6.04 Å². The maximum absolute atomic E-state index is 4.43. The van der Waals surface area contributed by atoms with Crippen molar-refractivity contribution in [1.82, 2.24) is 15.5 Å². The average molecular weight is 188 g/mol. The van der Waals surface area contributed by atoms with E-state index < -0.39 is 0 Å². The lowest BCUT2D eigenvalue weighted by atomic mass is 10.1. The van der Waals surface area contributed by atoms with Crippen molar-refractivity contribution < 1.29 is 0 Å². The molecule has 1 unspecified atom stereocenters. The van der Waals surface area contributed by atoms with Crippen LogP contribution < -0.4 is 10.6 Å². The van der Waals surface area contributed by atoms with Gasteiger partial charge in [-0.05, 0) is 6.08 Å². The van der Waals surface area contributed by atoms with Gasteiger partial charge < -0.3 is 15.5 Å². The molecule has 4 nitrogen and oxygen atoms in total. The molecule has 72 valence electrons. The molecule has 3 aliphatic heterocycles. The zero-order valence-corrected chi connectivity index (χ0v) is 7.99. The molecule has 3 heterocycles. The highest BCUT2D eigenvalue weighted by atomic mass is 15.2. The third-order valence-electron chi connectivity index (χ3n) is 2.82. The van der Waals surface area contributed by atoms with Gasteiger partial charge in [0, 0.05) is 37.3 Å². The first-order valence-corrected chi connectivity index (χ1v) is 4.73. The van der Waals surface area contributed by atoms with E-state index in [0.29, 0.717) is 0 Å². The molecule has 0 bridgehead atoms. The fourth-order valence-electron chi connectivity index (χ4n) is 2.12. The van der Waals surface area contributed by atoms with Gasteiger partial charge in [0.05, 0.1) is 12.0 Å². The smallest absolute Gasteiger partial charge is 0.121 e. The lowest BCUT2D eigenvalue weighted by Crippen LogP contribution is -2.21. The molecule has 1 atom stereocenters. The van der Waals surface area contributed by atoms with Crippen molar-refractivity contribution >= 4 is 6.34 Å². The van der Waals surface area contributed by atoms with Crippen molar-refractivity contribution in [1.29, 1.82) is 0 Å². The number of hydrogen-bond acceptors (Lipinski definition) is 4. The number of likely N-dealkylation sites (tertiary alicyclic amines) is 1. The molecule has 0 aromatic carbocycles. The highest BCUT2D eigenvalue weighted by Crippen LogP contribution is 2.37. The van der Waals surface area contributed by atoms with Crippen LogP contribution in [0, 0.1) is 0 Å². The number of aliphatic imine (C=N–C) groups is 1. The second-order valence-electron chi connectivity index (χ2n) is 3.57. The maximum atomic E-state index is 4.43. The molecule has 0 aliphatic carbocycles. The van der Waals surface area contributed by atoms with E-state index >= 15 is 0 Å². The Morgan fingerprint density at radius 3 is 3.36 bits per heavy atom. The Hall–Kier alpha value is -1.71. The molecule has 0 amide bonds. The summed E-state index contributed by atoms with van der Waals surface area (Å²) in [5.74, 6) is 0. The van der Waals surface area contributed by atoms with Crippen LogP contribution in [-0.4, -0.2) is 30.9 Å². The van der Waals surface area contributed by atoms with Crippen molar-refractivity contribution in [3.63, 3.8) is 0 Å². The van der Waals surface area contributed by atoms with Crippen LogP contribution in [0.25, 0.3) is 0 Å². The predicted octanol–water partition coefficient (Wildman–Crippen LogP) is 0.144. The molecule has 3 aliphatic rings. The third-order valence-corrected chi connectivity index (χ3v) is 2.82. The summed E-state index contributed by atoms with van der Waals surface area (Å²) in [6.07, 6.45) is 8.03. The second kappa shape index (κ2) is 2.64. The molecular weight excluding hydrogens is 176 g/mol. The van der Waals surface area contributed by atoms with Gasteiger partial charge in [-0.25, -0.2) is 0 Å². The van der Waals surface area contributed by atoms with Crippen LogP contribution in [0.15, 0.2) is 40.4 Å². The SMILES string of the molecule is CN1C2=CCNC=C2C2N=CNC=C21. The van der Waals surface area contributed by atoms with Crippen LogP contribution in [0.2, 0.25) is 0 Å². The van der Waals surface area contributed by atoms with E-state index in [9.17, 15) is 0 Å². The highest BCUT2D eigenvalue weighted by molar-refractivity contribution is 5.63. The molecule has 4 heteroatoms. The first-order valence-electron chi connectivity index (χ1n) is 4.73. The number of likely N-dealkylation sites (N-methyl/N-ethyl adjacent to an activating group) is 1. The molecule has 3 rings (SSSR count). The van der Waals surface area contributed by atoms with Crippen molar-refractivity contribution in [3.05, 3.63) is 35.4 Å². The van der Waals surface area contributed by atoms with E-state index in [1.54, 1.807) is 6.34 Å². The summed E-state index contributed by atoms with van der Waals surface area (Å²) in [4.78, 5) is 6.63. The zero-order chi connectivity index (χ0) is 9.54. The molecule has 0 radical (unpaired) electrons. The first-order chi connectivity index (χ1) is 6.88. The van der Waals surface area contributed by atoms with Gasteiger partial charge in [0.2, 0.25) is 0 Å². The van der Waals surface area contributed by atoms with Crippen LogP contribution in [0.3, 0.4) is 0 Å². The van der Waals surface area contributed by atoms with E-state index in [0.717, 1.165) is 6.54 Å². The van der Waals surface area contributed by atoms with Crippen molar-refractivity contribution in [3.8, 4) is 0 Å². The Balaban J connectivity index is 2.12. The van der Waals surface area contributed by atoms with Gasteiger partial charge in [-0.1, -0.05) is 0 Å². The van der Waals surface area contributed by atoms with E-state index in [4.69, 9.17) is 0 Å². The van der Waals surface area contributed by atoms with Crippen LogP contribution in [0.1, 0.15) is 0 Å². The van der Waals surface area contributed by atoms with Crippen molar-refractivity contribution in [2.45, 2.75) is 6.04 Å². The predicted molar refractivity (Wildman–Crippen MR) is 55.4 cm³/mol. The van der Waals surface area contributed by atoms with Gasteiger partial charge >= 0.3 is 0 Å². The summed E-state index contributed by atoms with van der Waals surface area (Å²) in [5.41, 5.74) is 3.76. The maximum Gasteiger partial charge on any atom is 0.121 e. The second-order valence-corrected chi connectivity index (χ2v) is 3.57. The summed E-state index contributed by atoms with van der Waals surface area (Å²) in [6, 6.07) is 0.181. The first kappa shape index (κ1) is 7.67. The lowest BCUT2D eigenvalue weighted by molar-refractivity contribution is 0.544. The van der Waals surface area contributed by atoms with Gasteiger partial charge in [-0.2, -0.15) is 0 Å². The standard InChI is InChI=1S/C10H12N4/c1-14-8-2-3-11-4-7(8)10-9(14)5-12-6-13-10/h2,4-6,10-11H,3H2,1H3,(H,12,13). The molecule has 1 saturated heterocycles. The zero-order valence-electron chi connectivity index (χ0n) is 7.99. The minimum absolute atomic E-state index is 0.181. The summed E-state index contributed by atoms with van der Waals surface area (Å²) < 4.78 is 0. The molecule has 1 fully saturated rings. The molecular formula is C10H12N4. The summed E-state index contributed by atoms with van der Waals surface area (Å²) in [6.45, 7) is 0.903. The number of hydrogen-bond donors (Lipinski definition) is 2. The van der Waals surface area contributed by atoms with E-state index in [1.807, 2.05) is 6.20 Å². The quantitative estimate of drug-likeness (QED) is 0.568. The molecule has 0 saturated carbocycles. The number of nitrogens with one attached hydrogen (secondary N) is 2. The Kier molecular flexibility index (Phi) is 1.45. The Morgan fingerprint density at radius 2 is 2.43 bits per heavy atom. The normalized spacial score (nSPS) is 27.9. The Labute approximate surface area is 82.7 Å². The fourth-order valence-corrected chi connectivity index (χ4v) is 2.12. The van der Waals surface area contributed by atoms with Crippen molar-refractivity contribution in [2.75, 3.05) is 13.6 Å². The van der Waals surface area contributed by atoms with Crippen LogP contribution in [0.4, 0.5) is 0 Å². The minimum atomic E-state index is 0.181. The lowest BCUT2D eigenvalue weighted by Gasteiger charge is -2.17. The number of dihydropyridines is 1. The Morgan fingerprint density at radius 1 is 1.50 bits per heavy atom. The molecule has 2 N–H and O–H groups in total. The summed E-state index contributed by atoms with van der Waals surface area (Å²) in [7, 11) is 2.08. The summed E-state index contributed by atoms with van der Waals surface area (Å²) in [5, 5.41) is 6.25. The molecule has 0 aromatic heterocycles. The molecule has 0 aromatic rings. The molecule has 14 heavy (non-hydrogen) atoms. The summed E-state index contributed by atoms with van der Waals surface area (Å²) >= 11 is 0. The van der Waals surface area contributed by atoms with Gasteiger partial charge in [0.1, 0.15) is 6.04 Å². The van der Waals surface area contributed by atoms with Gasteiger partial charge in [-0.3, -0.25) is 4.99 Å². The van der Waals surface area contributed by atoms with E-state index in [2.05, 4.69) is 39.8 Å². The topological polar surface area (TPSA) is 39.7 Å². The van der Waals surface area contributed by atoms with Crippen LogP contribution in [0.5, 0.6) is 0 Å². The number of rotatable bonds is 0. The Bertz CT molecular complexity index is 389. The molecule has 0 spiro atoms.